The summed E-state index contributed by atoms with van der Waals surface area (Å²) in [6.45, 7) is 1.97. The van der Waals surface area contributed by atoms with E-state index in [1.54, 1.807) is 0 Å². The van der Waals surface area contributed by atoms with Crippen LogP contribution in [0.5, 0.6) is 0 Å². The molecule has 1 amide bonds. The minimum Gasteiger partial charge on any atom is -0.323 e. The van der Waals surface area contributed by atoms with Gasteiger partial charge in [0, 0.05) is 18.2 Å². The highest BCUT2D eigenvalue weighted by atomic mass is 32.2. The molecule has 0 saturated heterocycles. The van der Waals surface area contributed by atoms with Crippen LogP contribution in [-0.2, 0) is 11.2 Å². The van der Waals surface area contributed by atoms with Gasteiger partial charge in [0.1, 0.15) is 17.5 Å². The summed E-state index contributed by atoms with van der Waals surface area (Å²) in [6, 6.07) is 12.6. The Morgan fingerprint density at radius 3 is 2.62 bits per heavy atom. The highest BCUT2D eigenvalue weighted by Gasteiger charge is 2.15. The molecule has 0 spiro atoms. The number of anilines is 1. The van der Waals surface area contributed by atoms with Crippen LogP contribution in [0.1, 0.15) is 12.7 Å². The van der Waals surface area contributed by atoms with Crippen LogP contribution in [0.15, 0.2) is 53.7 Å². The predicted molar refractivity (Wildman–Crippen MR) is 96.4 cm³/mol. The van der Waals surface area contributed by atoms with Crippen LogP contribution >= 0.6 is 11.8 Å². The summed E-state index contributed by atoms with van der Waals surface area (Å²) in [5, 5.41) is 11.3. The number of nitrogens with zero attached hydrogens (tertiary/aromatic N) is 3. The Hall–Kier alpha value is -2.74. The first-order valence-corrected chi connectivity index (χ1v) is 8.94. The molecule has 1 N–H and O–H groups in total. The molecule has 0 unspecified atom stereocenters. The Balaban J connectivity index is 1.72. The maximum atomic E-state index is 13.6. The average Bonchev–Trinajstić information content (AvgIpc) is 3.06. The second kappa shape index (κ2) is 8.09. The molecule has 3 aromatic rings. The van der Waals surface area contributed by atoms with Crippen molar-refractivity contribution in [2.45, 2.75) is 18.5 Å². The van der Waals surface area contributed by atoms with Gasteiger partial charge < -0.3 is 5.32 Å². The summed E-state index contributed by atoms with van der Waals surface area (Å²) in [6.07, 6.45) is 0.690. The fourth-order valence-corrected chi connectivity index (χ4v) is 3.14. The van der Waals surface area contributed by atoms with Crippen molar-refractivity contribution in [3.63, 3.8) is 0 Å². The lowest BCUT2D eigenvalue weighted by molar-refractivity contribution is -0.113. The summed E-state index contributed by atoms with van der Waals surface area (Å²) in [4.78, 5) is 12.1. The summed E-state index contributed by atoms with van der Waals surface area (Å²) >= 11 is 1.20. The van der Waals surface area contributed by atoms with Gasteiger partial charge in [0.2, 0.25) is 5.91 Å². The van der Waals surface area contributed by atoms with Crippen LogP contribution in [0.25, 0.3) is 5.69 Å². The molecule has 0 fully saturated rings. The Kier molecular flexibility index (Phi) is 5.62. The van der Waals surface area contributed by atoms with Crippen molar-refractivity contribution in [3.8, 4) is 5.69 Å². The molecule has 0 aliphatic rings. The van der Waals surface area contributed by atoms with E-state index < -0.39 is 17.5 Å². The Morgan fingerprint density at radius 1 is 1.15 bits per heavy atom. The number of thioether (sulfide) groups is 1. The fraction of sp³-hybridized carbons (Fsp3) is 0.167. The number of aryl methyl sites for hydroxylation is 1. The van der Waals surface area contributed by atoms with Crippen molar-refractivity contribution in [1.29, 1.82) is 0 Å². The van der Waals surface area contributed by atoms with Crippen LogP contribution < -0.4 is 5.32 Å². The van der Waals surface area contributed by atoms with Crippen molar-refractivity contribution in [2.75, 3.05) is 11.1 Å². The van der Waals surface area contributed by atoms with Crippen LogP contribution in [0.3, 0.4) is 0 Å². The van der Waals surface area contributed by atoms with E-state index in [1.807, 2.05) is 41.8 Å². The largest absolute Gasteiger partial charge is 0.323 e. The fourth-order valence-electron chi connectivity index (χ4n) is 2.37. The number of hydrogen-bond acceptors (Lipinski definition) is 4. The number of rotatable bonds is 6. The first-order valence-electron chi connectivity index (χ1n) is 7.96. The second-order valence-corrected chi connectivity index (χ2v) is 6.33. The average molecular weight is 374 g/mol. The maximum absolute atomic E-state index is 13.6. The second-order valence-electron chi connectivity index (χ2n) is 5.38. The van der Waals surface area contributed by atoms with Crippen LogP contribution in [-0.4, -0.2) is 26.4 Å². The highest BCUT2D eigenvalue weighted by Crippen LogP contribution is 2.23. The molecule has 134 valence electrons. The van der Waals surface area contributed by atoms with E-state index in [2.05, 4.69) is 15.5 Å². The van der Waals surface area contributed by atoms with E-state index in [1.165, 1.54) is 17.8 Å². The Labute approximate surface area is 153 Å². The van der Waals surface area contributed by atoms with Gasteiger partial charge in [-0.05, 0) is 24.3 Å². The van der Waals surface area contributed by atoms with Crippen molar-refractivity contribution in [2.24, 2.45) is 0 Å². The third-order valence-corrected chi connectivity index (χ3v) is 4.50. The van der Waals surface area contributed by atoms with Gasteiger partial charge >= 0.3 is 0 Å². The van der Waals surface area contributed by atoms with Gasteiger partial charge in [-0.3, -0.25) is 9.36 Å². The molecular weight excluding hydrogens is 358 g/mol. The minimum absolute atomic E-state index is 0.0193. The quantitative estimate of drug-likeness (QED) is 0.666. The number of carbonyl (C=O) groups is 1. The standard InChI is InChI=1S/C18H16F2N4OS/c1-2-16-22-23-18(24(16)13-6-4-3-5-7-13)26-11-17(25)21-15-9-8-12(19)10-14(15)20/h3-10H,2,11H2,1H3,(H,21,25). The van der Waals surface area contributed by atoms with Gasteiger partial charge in [0.15, 0.2) is 5.16 Å². The monoisotopic (exact) mass is 374 g/mol. The molecule has 8 heteroatoms. The number of nitrogens with one attached hydrogen (secondary N) is 1. The number of benzene rings is 2. The van der Waals surface area contributed by atoms with Crippen molar-refractivity contribution >= 4 is 23.4 Å². The van der Waals surface area contributed by atoms with Gasteiger partial charge in [-0.25, -0.2) is 8.78 Å². The molecule has 1 aromatic heterocycles. The number of halogens is 2. The van der Waals surface area contributed by atoms with Crippen LogP contribution in [0.4, 0.5) is 14.5 Å². The van der Waals surface area contributed by atoms with Crippen LogP contribution in [0, 0.1) is 11.6 Å². The highest BCUT2D eigenvalue weighted by molar-refractivity contribution is 7.99. The molecule has 0 bridgehead atoms. The molecule has 5 nitrogen and oxygen atoms in total. The summed E-state index contributed by atoms with van der Waals surface area (Å²) < 4.78 is 28.4. The summed E-state index contributed by atoms with van der Waals surface area (Å²) in [5.74, 6) is -1.13. The van der Waals surface area contributed by atoms with Gasteiger partial charge in [-0.2, -0.15) is 0 Å². The molecule has 0 aliphatic heterocycles. The van der Waals surface area contributed by atoms with E-state index in [-0.39, 0.29) is 11.4 Å². The molecule has 0 atom stereocenters. The van der Waals surface area contributed by atoms with Gasteiger partial charge in [0.05, 0.1) is 11.4 Å². The lowest BCUT2D eigenvalue weighted by atomic mass is 10.3. The lowest BCUT2D eigenvalue weighted by Crippen LogP contribution is -2.15. The van der Waals surface area contributed by atoms with Gasteiger partial charge in [-0.15, -0.1) is 10.2 Å². The van der Waals surface area contributed by atoms with Crippen molar-refractivity contribution in [1.82, 2.24) is 14.8 Å². The number of para-hydroxylation sites is 1. The van der Waals surface area contributed by atoms with Crippen molar-refractivity contribution in [3.05, 3.63) is 66.0 Å². The Bertz CT molecular complexity index is 915. The molecule has 0 aliphatic carbocycles. The summed E-state index contributed by atoms with van der Waals surface area (Å²) in [5.41, 5.74) is 0.845. The van der Waals surface area contributed by atoms with E-state index in [9.17, 15) is 13.6 Å². The zero-order valence-corrected chi connectivity index (χ0v) is 14.8. The van der Waals surface area contributed by atoms with Crippen LogP contribution in [0.2, 0.25) is 0 Å². The zero-order valence-electron chi connectivity index (χ0n) is 13.9. The normalized spacial score (nSPS) is 10.7. The topological polar surface area (TPSA) is 59.8 Å². The molecule has 26 heavy (non-hydrogen) atoms. The number of aromatic nitrogens is 3. The summed E-state index contributed by atoms with van der Waals surface area (Å²) in [7, 11) is 0. The molecule has 0 saturated carbocycles. The Morgan fingerprint density at radius 2 is 1.92 bits per heavy atom. The SMILES string of the molecule is CCc1nnc(SCC(=O)Nc2ccc(F)cc2F)n1-c1ccccc1. The third kappa shape index (κ3) is 4.08. The number of carbonyl (C=O) groups excluding carboxylic acids is 1. The predicted octanol–water partition coefficient (Wildman–Crippen LogP) is 3.84. The molecule has 1 heterocycles. The van der Waals surface area contributed by atoms with E-state index >= 15 is 0 Å². The molecular formula is C18H16F2N4OS. The first kappa shape index (κ1) is 18.1. The molecule has 0 radical (unpaired) electrons. The third-order valence-electron chi connectivity index (χ3n) is 3.57. The smallest absolute Gasteiger partial charge is 0.234 e. The van der Waals surface area contributed by atoms with E-state index in [0.717, 1.165) is 23.6 Å². The number of amides is 1. The zero-order chi connectivity index (χ0) is 18.5. The molecule has 3 rings (SSSR count). The maximum Gasteiger partial charge on any atom is 0.234 e. The molecule has 2 aromatic carbocycles. The van der Waals surface area contributed by atoms with E-state index in [0.29, 0.717) is 11.6 Å². The van der Waals surface area contributed by atoms with E-state index in [4.69, 9.17) is 0 Å². The van der Waals surface area contributed by atoms with Gasteiger partial charge in [-0.1, -0.05) is 36.9 Å². The van der Waals surface area contributed by atoms with Gasteiger partial charge in [0.25, 0.3) is 0 Å². The minimum atomic E-state index is -0.816. The first-order chi connectivity index (χ1) is 12.6. The number of hydrogen-bond donors (Lipinski definition) is 1. The van der Waals surface area contributed by atoms with Crippen molar-refractivity contribution < 1.29 is 13.6 Å². The lowest BCUT2D eigenvalue weighted by Gasteiger charge is -2.09.